The Labute approximate surface area is 115 Å². The van der Waals surface area contributed by atoms with Crippen molar-refractivity contribution >= 4 is 11.7 Å². The third-order valence-electron chi connectivity index (χ3n) is 2.67. The molecule has 0 spiro atoms. The lowest BCUT2D eigenvalue weighted by molar-refractivity contribution is 0.102. The first kappa shape index (κ1) is 12.0. The van der Waals surface area contributed by atoms with Gasteiger partial charge in [0.2, 0.25) is 0 Å². The summed E-state index contributed by atoms with van der Waals surface area (Å²) < 4.78 is 1.60. The van der Waals surface area contributed by atoms with Gasteiger partial charge in [-0.3, -0.25) is 4.79 Å². The summed E-state index contributed by atoms with van der Waals surface area (Å²) in [7, 11) is 0. The van der Waals surface area contributed by atoms with Crippen LogP contribution < -0.4 is 5.32 Å². The third kappa shape index (κ3) is 2.54. The maximum absolute atomic E-state index is 12.0. The van der Waals surface area contributed by atoms with Crippen LogP contribution in [0.2, 0.25) is 0 Å². The molecule has 0 unspecified atom stereocenters. The van der Waals surface area contributed by atoms with E-state index in [-0.39, 0.29) is 5.91 Å². The largest absolute Gasteiger partial charge is 0.306 e. The standard InChI is InChI=1S/C14H11N5O/c20-14(11-5-2-1-3-6-11)18-12-9-13(16-10-15-12)19-8-4-7-17-19/h1-10H,(H,15,16,18,20). The van der Waals surface area contributed by atoms with Gasteiger partial charge < -0.3 is 5.32 Å². The number of rotatable bonds is 3. The zero-order chi connectivity index (χ0) is 13.8. The van der Waals surface area contributed by atoms with Gasteiger partial charge in [0, 0.05) is 24.0 Å². The van der Waals surface area contributed by atoms with Gasteiger partial charge in [-0.2, -0.15) is 5.10 Å². The number of aromatic nitrogens is 4. The molecular formula is C14H11N5O. The molecule has 3 aromatic rings. The van der Waals surface area contributed by atoms with Crippen LogP contribution in [0.25, 0.3) is 5.82 Å². The lowest BCUT2D eigenvalue weighted by atomic mass is 10.2. The monoisotopic (exact) mass is 265 g/mol. The number of nitrogens with zero attached hydrogens (tertiary/aromatic N) is 4. The van der Waals surface area contributed by atoms with Gasteiger partial charge in [0.15, 0.2) is 5.82 Å². The Hall–Kier alpha value is -3.02. The predicted octanol–water partition coefficient (Wildman–Crippen LogP) is 1.91. The molecule has 0 radical (unpaired) electrons. The number of amides is 1. The van der Waals surface area contributed by atoms with Crippen LogP contribution in [0.1, 0.15) is 10.4 Å². The number of carbonyl (C=O) groups excluding carboxylic acids is 1. The van der Waals surface area contributed by atoms with Gasteiger partial charge in [0.25, 0.3) is 5.91 Å². The molecule has 2 heterocycles. The van der Waals surface area contributed by atoms with Crippen LogP contribution in [0, 0.1) is 0 Å². The first-order valence-corrected chi connectivity index (χ1v) is 6.01. The van der Waals surface area contributed by atoms with Crippen LogP contribution in [0.4, 0.5) is 5.82 Å². The van der Waals surface area contributed by atoms with Gasteiger partial charge in [0.05, 0.1) is 0 Å². The van der Waals surface area contributed by atoms with E-state index in [9.17, 15) is 4.79 Å². The molecule has 6 nitrogen and oxygen atoms in total. The molecule has 1 N–H and O–H groups in total. The Balaban J connectivity index is 1.82. The maximum Gasteiger partial charge on any atom is 0.256 e. The second kappa shape index (κ2) is 5.31. The smallest absolute Gasteiger partial charge is 0.256 e. The van der Waals surface area contributed by atoms with Crippen LogP contribution >= 0.6 is 0 Å². The van der Waals surface area contributed by atoms with E-state index in [1.54, 1.807) is 41.3 Å². The summed E-state index contributed by atoms with van der Waals surface area (Å²) in [5.41, 5.74) is 0.576. The van der Waals surface area contributed by atoms with Gasteiger partial charge in [-0.15, -0.1) is 0 Å². The minimum Gasteiger partial charge on any atom is -0.306 e. The minimum absolute atomic E-state index is 0.212. The van der Waals surface area contributed by atoms with Gasteiger partial charge in [-0.1, -0.05) is 18.2 Å². The van der Waals surface area contributed by atoms with Crippen LogP contribution in [0.5, 0.6) is 0 Å². The van der Waals surface area contributed by atoms with E-state index in [4.69, 9.17) is 0 Å². The van der Waals surface area contributed by atoms with Gasteiger partial charge in [-0.05, 0) is 18.2 Å². The van der Waals surface area contributed by atoms with Crippen molar-refractivity contribution in [2.45, 2.75) is 0 Å². The van der Waals surface area contributed by atoms with E-state index >= 15 is 0 Å². The van der Waals surface area contributed by atoms with Gasteiger partial charge >= 0.3 is 0 Å². The minimum atomic E-state index is -0.212. The van der Waals surface area contributed by atoms with Crippen molar-refractivity contribution in [3.05, 3.63) is 66.7 Å². The highest BCUT2D eigenvalue weighted by Crippen LogP contribution is 2.09. The summed E-state index contributed by atoms with van der Waals surface area (Å²) in [6, 6.07) is 12.4. The highest BCUT2D eigenvalue weighted by molar-refractivity contribution is 6.03. The quantitative estimate of drug-likeness (QED) is 0.785. The molecule has 0 atom stereocenters. The lowest BCUT2D eigenvalue weighted by Gasteiger charge is -2.05. The number of benzene rings is 1. The fraction of sp³-hybridized carbons (Fsp3) is 0. The van der Waals surface area contributed by atoms with Crippen molar-refractivity contribution in [2.24, 2.45) is 0 Å². The molecular weight excluding hydrogens is 254 g/mol. The first-order chi connectivity index (χ1) is 9.83. The molecule has 1 amide bonds. The second-order valence-corrected chi connectivity index (χ2v) is 4.03. The summed E-state index contributed by atoms with van der Waals surface area (Å²) in [5.74, 6) is 0.809. The fourth-order valence-corrected chi connectivity index (χ4v) is 1.72. The molecule has 3 rings (SSSR count). The predicted molar refractivity (Wildman–Crippen MR) is 73.5 cm³/mol. The topological polar surface area (TPSA) is 72.7 Å². The summed E-state index contributed by atoms with van der Waals surface area (Å²) >= 11 is 0. The molecule has 98 valence electrons. The molecule has 1 aromatic carbocycles. The summed E-state index contributed by atoms with van der Waals surface area (Å²) in [6.07, 6.45) is 4.81. The van der Waals surface area contributed by atoms with Crippen LogP contribution in [0.3, 0.4) is 0 Å². The number of hydrogen-bond acceptors (Lipinski definition) is 4. The highest BCUT2D eigenvalue weighted by atomic mass is 16.1. The third-order valence-corrected chi connectivity index (χ3v) is 2.67. The Morgan fingerprint density at radius 2 is 1.95 bits per heavy atom. The SMILES string of the molecule is O=C(Nc1cc(-n2cccn2)ncn1)c1ccccc1. The van der Waals surface area contributed by atoms with E-state index in [0.29, 0.717) is 17.2 Å². The Bertz CT molecular complexity index is 709. The normalized spacial score (nSPS) is 10.2. The molecule has 20 heavy (non-hydrogen) atoms. The fourth-order valence-electron chi connectivity index (χ4n) is 1.72. The maximum atomic E-state index is 12.0. The number of nitrogens with one attached hydrogen (secondary N) is 1. The van der Waals surface area contributed by atoms with E-state index in [2.05, 4.69) is 20.4 Å². The van der Waals surface area contributed by atoms with Gasteiger partial charge in [-0.25, -0.2) is 14.6 Å². The van der Waals surface area contributed by atoms with Crippen molar-refractivity contribution in [2.75, 3.05) is 5.32 Å². The molecule has 0 bridgehead atoms. The van der Waals surface area contributed by atoms with Crippen LogP contribution in [-0.4, -0.2) is 25.7 Å². The van der Waals surface area contributed by atoms with E-state index < -0.39 is 0 Å². The average molecular weight is 265 g/mol. The lowest BCUT2D eigenvalue weighted by Crippen LogP contribution is -2.13. The average Bonchev–Trinajstić information content (AvgIpc) is 3.03. The number of carbonyl (C=O) groups is 1. The molecule has 2 aromatic heterocycles. The van der Waals surface area contributed by atoms with Gasteiger partial charge in [0.1, 0.15) is 12.1 Å². The van der Waals surface area contributed by atoms with Crippen LogP contribution in [0.15, 0.2) is 61.2 Å². The molecule has 6 heteroatoms. The van der Waals surface area contributed by atoms with E-state index in [1.165, 1.54) is 6.33 Å². The molecule has 0 aliphatic carbocycles. The zero-order valence-electron chi connectivity index (χ0n) is 10.5. The van der Waals surface area contributed by atoms with Crippen molar-refractivity contribution in [1.82, 2.24) is 19.7 Å². The Kier molecular flexibility index (Phi) is 3.20. The molecule has 0 saturated carbocycles. The van der Waals surface area contributed by atoms with Crippen LogP contribution in [-0.2, 0) is 0 Å². The summed E-state index contributed by atoms with van der Waals surface area (Å²) in [6.45, 7) is 0. The number of hydrogen-bond donors (Lipinski definition) is 1. The molecule has 0 aliphatic rings. The Morgan fingerprint density at radius 1 is 1.10 bits per heavy atom. The summed E-state index contributed by atoms with van der Waals surface area (Å²) in [4.78, 5) is 20.1. The van der Waals surface area contributed by atoms with E-state index in [1.807, 2.05) is 18.2 Å². The van der Waals surface area contributed by atoms with Crippen molar-refractivity contribution in [3.8, 4) is 5.82 Å². The first-order valence-electron chi connectivity index (χ1n) is 6.01. The second-order valence-electron chi connectivity index (χ2n) is 4.03. The van der Waals surface area contributed by atoms with Crippen molar-refractivity contribution in [3.63, 3.8) is 0 Å². The van der Waals surface area contributed by atoms with Crippen molar-refractivity contribution < 1.29 is 4.79 Å². The number of anilines is 1. The zero-order valence-corrected chi connectivity index (χ0v) is 10.5. The van der Waals surface area contributed by atoms with Crippen molar-refractivity contribution in [1.29, 1.82) is 0 Å². The van der Waals surface area contributed by atoms with E-state index in [0.717, 1.165) is 0 Å². The summed E-state index contributed by atoms with van der Waals surface area (Å²) in [5, 5.41) is 6.81. The highest BCUT2D eigenvalue weighted by Gasteiger charge is 2.07. The molecule has 0 saturated heterocycles. The molecule has 0 aliphatic heterocycles. The Morgan fingerprint density at radius 3 is 2.70 bits per heavy atom. The molecule has 0 fully saturated rings.